The Labute approximate surface area is 195 Å². The number of hydrogen-bond acceptors (Lipinski definition) is 5. The van der Waals surface area contributed by atoms with Crippen LogP contribution in [0.5, 0.6) is 0 Å². The van der Waals surface area contributed by atoms with Gasteiger partial charge in [0.05, 0.1) is 0 Å². The molecule has 0 saturated carbocycles. The minimum Gasteiger partial charge on any atom is -0.370 e. The number of amides is 2. The molecule has 2 amide bonds. The van der Waals surface area contributed by atoms with Gasteiger partial charge in [0.2, 0.25) is 21.8 Å². The maximum atomic E-state index is 14.1. The molecule has 2 aromatic rings. The first-order valence-electron chi connectivity index (χ1n) is 10.2. The van der Waals surface area contributed by atoms with Crippen LogP contribution in [0.25, 0.3) is 0 Å². The lowest BCUT2D eigenvalue weighted by Gasteiger charge is -2.22. The second-order valence-corrected chi connectivity index (χ2v) is 8.98. The van der Waals surface area contributed by atoms with Crippen LogP contribution >= 0.6 is 0 Å². The van der Waals surface area contributed by atoms with E-state index in [1.807, 2.05) is 4.72 Å². The minimum absolute atomic E-state index is 0.0529. The van der Waals surface area contributed by atoms with E-state index in [4.69, 9.17) is 17.2 Å². The van der Waals surface area contributed by atoms with Crippen molar-refractivity contribution in [3.05, 3.63) is 65.7 Å². The third-order valence-electron chi connectivity index (χ3n) is 4.69. The van der Waals surface area contributed by atoms with E-state index < -0.39 is 50.5 Å². The highest BCUT2D eigenvalue weighted by molar-refractivity contribution is 7.89. The van der Waals surface area contributed by atoms with Gasteiger partial charge in [-0.1, -0.05) is 36.4 Å². The van der Waals surface area contributed by atoms with Gasteiger partial charge in [-0.05, 0) is 30.5 Å². The Bertz CT molecular complexity index is 1120. The van der Waals surface area contributed by atoms with Crippen LogP contribution in [0, 0.1) is 11.6 Å². The maximum Gasteiger partial charge on any atom is 0.247 e. The van der Waals surface area contributed by atoms with E-state index in [0.717, 1.165) is 18.2 Å². The lowest BCUT2D eigenvalue weighted by atomic mass is 10.0. The van der Waals surface area contributed by atoms with Gasteiger partial charge in [0.1, 0.15) is 23.7 Å². The zero-order valence-electron chi connectivity index (χ0n) is 18.1. The number of carbonyl (C=O) groups is 2. The molecule has 0 aliphatic carbocycles. The Hall–Kier alpha value is -3.58. The molecule has 2 rings (SSSR count). The summed E-state index contributed by atoms with van der Waals surface area (Å²) in [6, 6.07) is 8.56. The second kappa shape index (κ2) is 12.0. The van der Waals surface area contributed by atoms with Crippen molar-refractivity contribution in [1.29, 1.82) is 0 Å². The molecular formula is C21H26F2N6O4S. The SMILES string of the molecule is NC(=O)[C@H](Cc1ccccc1)NC(=O)[C@H](CCCN=C(N)N)NS(=O)(=O)c1c(F)cccc1F. The molecule has 0 aliphatic rings. The van der Waals surface area contributed by atoms with E-state index in [-0.39, 0.29) is 31.8 Å². The predicted molar refractivity (Wildman–Crippen MR) is 122 cm³/mol. The molecule has 0 spiro atoms. The number of rotatable bonds is 12. The van der Waals surface area contributed by atoms with E-state index in [2.05, 4.69) is 10.3 Å². The number of nitrogens with two attached hydrogens (primary N) is 3. The lowest BCUT2D eigenvalue weighted by Crippen LogP contribution is -2.53. The summed E-state index contributed by atoms with van der Waals surface area (Å²) in [6.07, 6.45) is 0.0459. The second-order valence-electron chi connectivity index (χ2n) is 7.33. The Morgan fingerprint density at radius 1 is 0.941 bits per heavy atom. The van der Waals surface area contributed by atoms with Crippen LogP contribution in [0.1, 0.15) is 18.4 Å². The van der Waals surface area contributed by atoms with Gasteiger partial charge in [0.25, 0.3) is 0 Å². The maximum absolute atomic E-state index is 14.1. The average Bonchev–Trinajstić information content (AvgIpc) is 2.75. The largest absolute Gasteiger partial charge is 0.370 e. The molecule has 0 fully saturated rings. The van der Waals surface area contributed by atoms with Crippen LogP contribution in [0.4, 0.5) is 8.78 Å². The van der Waals surface area contributed by atoms with Gasteiger partial charge in [0, 0.05) is 13.0 Å². The number of nitrogens with one attached hydrogen (secondary N) is 2. The van der Waals surface area contributed by atoms with Gasteiger partial charge in [-0.15, -0.1) is 0 Å². The molecule has 0 saturated heterocycles. The molecule has 2 aromatic carbocycles. The number of nitrogens with zero attached hydrogens (tertiary/aromatic N) is 1. The van der Waals surface area contributed by atoms with Crippen LogP contribution in [0.3, 0.4) is 0 Å². The first kappa shape index (κ1) is 26.7. The van der Waals surface area contributed by atoms with Gasteiger partial charge < -0.3 is 22.5 Å². The molecule has 0 aliphatic heterocycles. The molecule has 0 bridgehead atoms. The van der Waals surface area contributed by atoms with Crippen molar-refractivity contribution < 1.29 is 26.8 Å². The Morgan fingerprint density at radius 3 is 2.12 bits per heavy atom. The molecule has 0 aromatic heterocycles. The van der Waals surface area contributed by atoms with Crippen LogP contribution in [0.15, 0.2) is 58.4 Å². The normalized spacial score (nSPS) is 13.0. The topological polar surface area (TPSA) is 183 Å². The van der Waals surface area contributed by atoms with E-state index in [1.54, 1.807) is 30.3 Å². The van der Waals surface area contributed by atoms with Crippen molar-refractivity contribution in [3.8, 4) is 0 Å². The van der Waals surface area contributed by atoms with Crippen molar-refractivity contribution >= 4 is 27.8 Å². The first-order valence-corrected chi connectivity index (χ1v) is 11.6. The molecule has 184 valence electrons. The average molecular weight is 497 g/mol. The van der Waals surface area contributed by atoms with Crippen LogP contribution in [-0.2, 0) is 26.0 Å². The molecule has 0 heterocycles. The molecule has 2 atom stereocenters. The highest BCUT2D eigenvalue weighted by Gasteiger charge is 2.31. The molecule has 13 heteroatoms. The third kappa shape index (κ3) is 7.78. The van der Waals surface area contributed by atoms with Crippen molar-refractivity contribution in [1.82, 2.24) is 10.0 Å². The van der Waals surface area contributed by atoms with Gasteiger partial charge >= 0.3 is 0 Å². The van der Waals surface area contributed by atoms with Gasteiger partial charge in [-0.3, -0.25) is 14.6 Å². The third-order valence-corrected chi connectivity index (χ3v) is 6.21. The van der Waals surface area contributed by atoms with Gasteiger partial charge in [-0.2, -0.15) is 4.72 Å². The van der Waals surface area contributed by atoms with Crippen molar-refractivity contribution in [2.75, 3.05) is 6.54 Å². The first-order chi connectivity index (χ1) is 16.0. The van der Waals surface area contributed by atoms with Crippen LogP contribution < -0.4 is 27.2 Å². The molecule has 0 radical (unpaired) electrons. The fourth-order valence-electron chi connectivity index (χ4n) is 3.08. The number of benzene rings is 2. The number of hydrogen-bond donors (Lipinski definition) is 5. The monoisotopic (exact) mass is 496 g/mol. The summed E-state index contributed by atoms with van der Waals surface area (Å²) >= 11 is 0. The Balaban J connectivity index is 2.26. The summed E-state index contributed by atoms with van der Waals surface area (Å²) in [4.78, 5) is 27.4. The zero-order chi connectivity index (χ0) is 25.3. The summed E-state index contributed by atoms with van der Waals surface area (Å²) in [7, 11) is -4.80. The number of sulfonamides is 1. The van der Waals surface area contributed by atoms with Crippen molar-refractivity contribution in [2.24, 2.45) is 22.2 Å². The number of carbonyl (C=O) groups excluding carboxylic acids is 2. The summed E-state index contributed by atoms with van der Waals surface area (Å²) in [6.45, 7) is 0.0607. The van der Waals surface area contributed by atoms with E-state index in [9.17, 15) is 26.8 Å². The highest BCUT2D eigenvalue weighted by Crippen LogP contribution is 2.19. The number of aliphatic imine (C=N–C) groups is 1. The number of guanidine groups is 1. The molecule has 0 unspecified atom stereocenters. The number of primary amides is 1. The highest BCUT2D eigenvalue weighted by atomic mass is 32.2. The molecule has 8 N–H and O–H groups in total. The van der Waals surface area contributed by atoms with E-state index >= 15 is 0 Å². The Kier molecular flexibility index (Phi) is 9.45. The van der Waals surface area contributed by atoms with Crippen LogP contribution in [-0.4, -0.2) is 44.8 Å². The molecular weight excluding hydrogens is 470 g/mol. The number of halogens is 2. The van der Waals surface area contributed by atoms with Crippen LogP contribution in [0.2, 0.25) is 0 Å². The summed E-state index contributed by atoms with van der Waals surface area (Å²) in [5.41, 5.74) is 16.6. The zero-order valence-corrected chi connectivity index (χ0v) is 18.9. The molecule has 34 heavy (non-hydrogen) atoms. The predicted octanol–water partition coefficient (Wildman–Crippen LogP) is -0.122. The van der Waals surface area contributed by atoms with Crippen molar-refractivity contribution in [2.45, 2.75) is 36.2 Å². The smallest absolute Gasteiger partial charge is 0.247 e. The quantitative estimate of drug-likeness (QED) is 0.155. The van der Waals surface area contributed by atoms with Gasteiger partial charge in [0.15, 0.2) is 10.9 Å². The lowest BCUT2D eigenvalue weighted by molar-refractivity contribution is -0.128. The van der Waals surface area contributed by atoms with E-state index in [1.165, 1.54) is 0 Å². The standard InChI is InChI=1S/C21H26F2N6O4S/c22-14-8-4-9-15(23)18(14)34(32,33)29-16(10-5-11-27-21(25)26)20(31)28-17(19(24)30)12-13-6-2-1-3-7-13/h1-4,6-9,16-17,29H,5,10-12H2,(H2,24,30)(H,28,31)(H4,25,26,27)/t16-,17-/m0/s1. The van der Waals surface area contributed by atoms with E-state index in [0.29, 0.717) is 5.56 Å². The molecule has 10 nitrogen and oxygen atoms in total. The fourth-order valence-corrected chi connectivity index (χ4v) is 4.44. The van der Waals surface area contributed by atoms with Crippen molar-refractivity contribution in [3.63, 3.8) is 0 Å². The Morgan fingerprint density at radius 2 is 1.56 bits per heavy atom. The summed E-state index contributed by atoms with van der Waals surface area (Å²) in [5.74, 6) is -4.62. The minimum atomic E-state index is -4.80. The summed E-state index contributed by atoms with van der Waals surface area (Å²) in [5, 5.41) is 2.40. The van der Waals surface area contributed by atoms with Gasteiger partial charge in [-0.25, -0.2) is 17.2 Å². The fraction of sp³-hybridized carbons (Fsp3) is 0.286. The summed E-state index contributed by atoms with van der Waals surface area (Å²) < 4.78 is 55.6.